The predicted octanol–water partition coefficient (Wildman–Crippen LogP) is 3.11. The molecule has 4 rings (SSSR count). The van der Waals surface area contributed by atoms with E-state index in [2.05, 4.69) is 21.3 Å². The minimum Gasteiger partial charge on any atom is -0.349 e. The van der Waals surface area contributed by atoms with Crippen LogP contribution in [0.4, 0.5) is 10.5 Å². The maximum Gasteiger partial charge on any atom is 0.322 e. The van der Waals surface area contributed by atoms with E-state index >= 15 is 0 Å². The summed E-state index contributed by atoms with van der Waals surface area (Å²) in [6.45, 7) is 0. The topological polar surface area (TPSA) is 116 Å². The van der Waals surface area contributed by atoms with Crippen LogP contribution in [0.25, 0.3) is 0 Å². The highest BCUT2D eigenvalue weighted by Crippen LogP contribution is 2.35. The van der Waals surface area contributed by atoms with Gasteiger partial charge in [-0.15, -0.1) is 0 Å². The van der Waals surface area contributed by atoms with Gasteiger partial charge >= 0.3 is 6.03 Å². The van der Waals surface area contributed by atoms with E-state index < -0.39 is 11.6 Å². The molecule has 2 aliphatic carbocycles. The summed E-state index contributed by atoms with van der Waals surface area (Å²) in [4.78, 5) is 49.0. The fourth-order valence-corrected chi connectivity index (χ4v) is 4.99. The highest BCUT2D eigenvalue weighted by Gasteiger charge is 2.48. The van der Waals surface area contributed by atoms with Gasteiger partial charge in [-0.25, -0.2) is 4.79 Å². The zero-order valence-electron chi connectivity index (χ0n) is 17.3. The van der Waals surface area contributed by atoms with Crippen molar-refractivity contribution < 1.29 is 19.2 Å². The van der Waals surface area contributed by atoms with Gasteiger partial charge in [0, 0.05) is 17.6 Å². The number of anilines is 1. The van der Waals surface area contributed by atoms with Crippen molar-refractivity contribution in [3.05, 3.63) is 28.8 Å². The lowest BCUT2D eigenvalue weighted by Gasteiger charge is -2.33. The maximum absolute atomic E-state index is 12.8. The first kappa shape index (κ1) is 21.6. The number of nitrogens with one attached hydrogen (secondary N) is 4. The summed E-state index contributed by atoms with van der Waals surface area (Å²) >= 11 is 6.24. The molecular formula is C22H27ClN4O4. The summed E-state index contributed by atoms with van der Waals surface area (Å²) in [6.07, 6.45) is 7.18. The molecule has 3 fully saturated rings. The summed E-state index contributed by atoms with van der Waals surface area (Å²) < 4.78 is 0. The van der Waals surface area contributed by atoms with Crippen molar-refractivity contribution in [3.63, 3.8) is 0 Å². The summed E-state index contributed by atoms with van der Waals surface area (Å²) in [5.41, 5.74) is -0.0354. The fourth-order valence-electron chi connectivity index (χ4n) is 4.78. The first-order valence-corrected chi connectivity index (χ1v) is 11.3. The van der Waals surface area contributed by atoms with Gasteiger partial charge in [-0.1, -0.05) is 30.9 Å². The van der Waals surface area contributed by atoms with Crippen LogP contribution in [0, 0.1) is 5.92 Å². The van der Waals surface area contributed by atoms with Gasteiger partial charge in [0.1, 0.15) is 5.54 Å². The first-order chi connectivity index (χ1) is 14.9. The van der Waals surface area contributed by atoms with Crippen LogP contribution in [0.1, 0.15) is 68.1 Å². The molecule has 2 saturated carbocycles. The van der Waals surface area contributed by atoms with Crippen molar-refractivity contribution in [3.8, 4) is 0 Å². The van der Waals surface area contributed by atoms with E-state index in [-0.39, 0.29) is 29.7 Å². The molecule has 0 bridgehead atoms. The van der Waals surface area contributed by atoms with Crippen molar-refractivity contribution in [2.75, 3.05) is 5.32 Å². The Kier molecular flexibility index (Phi) is 6.18. The van der Waals surface area contributed by atoms with Crippen LogP contribution in [0.3, 0.4) is 0 Å². The monoisotopic (exact) mass is 446 g/mol. The number of imide groups is 1. The molecule has 1 aromatic rings. The molecule has 0 radical (unpaired) electrons. The van der Waals surface area contributed by atoms with Crippen LogP contribution in [0.5, 0.6) is 0 Å². The van der Waals surface area contributed by atoms with Crippen molar-refractivity contribution >= 4 is 41.0 Å². The van der Waals surface area contributed by atoms with Gasteiger partial charge in [-0.05, 0) is 56.7 Å². The van der Waals surface area contributed by atoms with E-state index in [1.54, 1.807) is 18.2 Å². The zero-order chi connectivity index (χ0) is 22.0. The molecule has 1 heterocycles. The second-order valence-electron chi connectivity index (χ2n) is 8.76. The smallest absolute Gasteiger partial charge is 0.322 e. The fraction of sp³-hybridized carbons (Fsp3) is 0.545. The molecule has 3 aliphatic rings. The number of benzene rings is 1. The van der Waals surface area contributed by atoms with Crippen LogP contribution in [-0.2, 0) is 9.59 Å². The van der Waals surface area contributed by atoms with Crippen molar-refractivity contribution in [1.29, 1.82) is 0 Å². The van der Waals surface area contributed by atoms with Crippen LogP contribution >= 0.6 is 11.6 Å². The Morgan fingerprint density at radius 1 is 1.03 bits per heavy atom. The van der Waals surface area contributed by atoms with Crippen molar-refractivity contribution in [2.45, 2.75) is 69.4 Å². The summed E-state index contributed by atoms with van der Waals surface area (Å²) in [6, 6.07) is 4.58. The Morgan fingerprint density at radius 2 is 1.74 bits per heavy atom. The predicted molar refractivity (Wildman–Crippen MR) is 116 cm³/mol. The molecule has 0 aromatic heterocycles. The van der Waals surface area contributed by atoms with E-state index in [0.29, 0.717) is 42.0 Å². The van der Waals surface area contributed by atoms with Gasteiger partial charge < -0.3 is 16.0 Å². The molecule has 1 aromatic carbocycles. The second-order valence-corrected chi connectivity index (χ2v) is 9.16. The van der Waals surface area contributed by atoms with Gasteiger partial charge in [0.15, 0.2) is 0 Å². The molecule has 4 N–H and O–H groups in total. The number of hydrogen-bond acceptors (Lipinski definition) is 4. The molecule has 31 heavy (non-hydrogen) atoms. The Bertz CT molecular complexity index is 905. The van der Waals surface area contributed by atoms with Gasteiger partial charge in [-0.2, -0.15) is 0 Å². The van der Waals surface area contributed by atoms with Crippen LogP contribution in [0.2, 0.25) is 5.02 Å². The lowest BCUT2D eigenvalue weighted by atomic mass is 9.76. The number of halogens is 1. The first-order valence-electron chi connectivity index (χ1n) is 10.9. The second kappa shape index (κ2) is 8.86. The molecule has 0 atom stereocenters. The summed E-state index contributed by atoms with van der Waals surface area (Å²) in [7, 11) is 0. The van der Waals surface area contributed by atoms with Crippen LogP contribution in [-0.4, -0.2) is 35.3 Å². The van der Waals surface area contributed by atoms with Gasteiger partial charge in [-0.3, -0.25) is 19.7 Å². The zero-order valence-corrected chi connectivity index (χ0v) is 18.0. The highest BCUT2D eigenvalue weighted by molar-refractivity contribution is 6.34. The molecule has 0 unspecified atom stereocenters. The lowest BCUT2D eigenvalue weighted by Crippen LogP contribution is -2.50. The largest absolute Gasteiger partial charge is 0.349 e. The van der Waals surface area contributed by atoms with Gasteiger partial charge in [0.25, 0.3) is 11.8 Å². The third kappa shape index (κ3) is 4.69. The number of hydrogen-bond donors (Lipinski definition) is 4. The number of carbonyl (C=O) groups is 4. The molecule has 9 heteroatoms. The van der Waals surface area contributed by atoms with Gasteiger partial charge in [0.2, 0.25) is 5.91 Å². The maximum atomic E-state index is 12.8. The van der Waals surface area contributed by atoms with Crippen molar-refractivity contribution in [2.24, 2.45) is 5.92 Å². The number of rotatable bonds is 4. The highest BCUT2D eigenvalue weighted by atomic mass is 35.5. The van der Waals surface area contributed by atoms with E-state index in [1.807, 2.05) is 0 Å². The normalized spacial score (nSPS) is 26.3. The number of carbonyl (C=O) groups excluding carboxylic acids is 4. The molecule has 1 saturated heterocycles. The van der Waals surface area contributed by atoms with E-state index in [9.17, 15) is 19.2 Å². The van der Waals surface area contributed by atoms with Crippen molar-refractivity contribution in [1.82, 2.24) is 16.0 Å². The molecular weight excluding hydrogens is 420 g/mol. The van der Waals surface area contributed by atoms with Crippen LogP contribution in [0.15, 0.2) is 18.2 Å². The molecule has 5 amide bonds. The summed E-state index contributed by atoms with van der Waals surface area (Å²) in [5.74, 6) is -0.982. The Labute approximate surface area is 185 Å². The molecule has 1 spiro atoms. The standard InChI is InChI=1S/C22H27ClN4O4/c23-17-7-6-15(12-16(17)19(29)24-14-4-2-1-3-5-14)25-18(28)13-8-10-22(11-9-13)20(30)26-21(31)27-22/h6-7,12-14H,1-5,8-11H2,(H,24,29)(H,25,28)(H2,26,27,30,31). The van der Waals surface area contributed by atoms with E-state index in [4.69, 9.17) is 11.6 Å². The average molecular weight is 447 g/mol. The minimum atomic E-state index is -0.890. The third-order valence-corrected chi connectivity index (χ3v) is 6.97. The SMILES string of the molecule is O=C1NC(=O)C2(CCC(C(=O)Nc3ccc(Cl)c(C(=O)NC4CCCCC4)c3)CC2)N1. The average Bonchev–Trinajstić information content (AvgIpc) is 3.03. The Hall–Kier alpha value is -2.61. The lowest BCUT2D eigenvalue weighted by molar-refractivity contribution is -0.128. The quantitative estimate of drug-likeness (QED) is 0.531. The van der Waals surface area contributed by atoms with E-state index in [0.717, 1.165) is 25.7 Å². The molecule has 1 aliphatic heterocycles. The number of amides is 5. The van der Waals surface area contributed by atoms with E-state index in [1.165, 1.54) is 6.42 Å². The minimum absolute atomic E-state index is 0.165. The van der Waals surface area contributed by atoms with Crippen LogP contribution < -0.4 is 21.3 Å². The molecule has 8 nitrogen and oxygen atoms in total. The molecule has 166 valence electrons. The number of urea groups is 1. The third-order valence-electron chi connectivity index (χ3n) is 6.64. The Morgan fingerprint density at radius 3 is 2.39 bits per heavy atom. The van der Waals surface area contributed by atoms with Gasteiger partial charge in [0.05, 0.1) is 10.6 Å². The summed E-state index contributed by atoms with van der Waals surface area (Å²) in [5, 5.41) is 11.2. The Balaban J connectivity index is 1.36.